The summed E-state index contributed by atoms with van der Waals surface area (Å²) in [6, 6.07) is 20.8. The van der Waals surface area contributed by atoms with Crippen LogP contribution in [-0.4, -0.2) is 86.3 Å². The molecular formula is C35H44BrN3O4Si. The highest BCUT2D eigenvalue weighted by Gasteiger charge is 2.35. The first-order valence-corrected chi connectivity index (χ1v) is 19.1. The lowest BCUT2D eigenvalue weighted by Gasteiger charge is -2.31. The number of imide groups is 2. The Morgan fingerprint density at radius 2 is 1.02 bits per heavy atom. The molecule has 0 radical (unpaired) electrons. The lowest BCUT2D eigenvalue weighted by atomic mass is 9.94. The summed E-state index contributed by atoms with van der Waals surface area (Å²) in [5.41, 5.74) is 2.30. The Labute approximate surface area is 272 Å². The van der Waals surface area contributed by atoms with Gasteiger partial charge in [-0.05, 0) is 48.9 Å². The van der Waals surface area contributed by atoms with E-state index in [0.717, 1.165) is 53.7 Å². The van der Waals surface area contributed by atoms with Gasteiger partial charge in [-0.3, -0.25) is 29.0 Å². The van der Waals surface area contributed by atoms with Crippen molar-refractivity contribution in [2.45, 2.75) is 57.3 Å². The number of halogens is 1. The van der Waals surface area contributed by atoms with Gasteiger partial charge in [-0.1, -0.05) is 68.0 Å². The van der Waals surface area contributed by atoms with Crippen LogP contribution in [0.15, 0.2) is 60.7 Å². The van der Waals surface area contributed by atoms with Crippen LogP contribution in [0.2, 0.25) is 25.2 Å². The number of rotatable bonds is 14. The summed E-state index contributed by atoms with van der Waals surface area (Å²) in [6.45, 7) is 7.76. The van der Waals surface area contributed by atoms with Gasteiger partial charge in [0.1, 0.15) is 0 Å². The van der Waals surface area contributed by atoms with Gasteiger partial charge in [0.2, 0.25) is 0 Å². The van der Waals surface area contributed by atoms with Crippen molar-refractivity contribution in [1.29, 1.82) is 0 Å². The van der Waals surface area contributed by atoms with Crippen LogP contribution in [0.1, 0.15) is 73.5 Å². The van der Waals surface area contributed by atoms with Gasteiger partial charge in [0, 0.05) is 44.1 Å². The van der Waals surface area contributed by atoms with Crippen LogP contribution in [0.3, 0.4) is 0 Å². The average molecular weight is 679 g/mol. The minimum absolute atomic E-state index is 0. The molecule has 0 spiro atoms. The third kappa shape index (κ3) is 7.21. The maximum Gasteiger partial charge on any atom is 0.261 e. The molecule has 5 rings (SSSR count). The summed E-state index contributed by atoms with van der Waals surface area (Å²) in [6.07, 6.45) is 5.17. The van der Waals surface area contributed by atoms with E-state index < -0.39 is 8.07 Å². The predicted octanol–water partition coefficient (Wildman–Crippen LogP) is 3.47. The van der Waals surface area contributed by atoms with Gasteiger partial charge in [0.25, 0.3) is 23.6 Å². The molecule has 0 unspecified atom stereocenters. The summed E-state index contributed by atoms with van der Waals surface area (Å²) in [5, 5.41) is 1.73. The summed E-state index contributed by atoms with van der Waals surface area (Å²) in [4.78, 5) is 54.4. The average Bonchev–Trinajstić information content (AvgIpc) is 3.22. The van der Waals surface area contributed by atoms with Crippen LogP contribution in [0.4, 0.5) is 0 Å². The molecular weight excluding hydrogens is 634 g/mol. The first-order chi connectivity index (χ1) is 20.5. The second-order valence-corrected chi connectivity index (χ2v) is 18.9. The molecule has 44 heavy (non-hydrogen) atoms. The Balaban J connectivity index is 0.00000442. The van der Waals surface area contributed by atoms with Crippen LogP contribution in [-0.2, 0) is 0 Å². The number of hydrogen-bond donors (Lipinski definition) is 0. The van der Waals surface area contributed by atoms with Crippen molar-refractivity contribution in [3.63, 3.8) is 0 Å². The van der Waals surface area contributed by atoms with Crippen molar-refractivity contribution in [1.82, 2.24) is 9.80 Å². The normalized spacial score (nSPS) is 14.8. The second-order valence-electron chi connectivity index (χ2n) is 13.6. The molecule has 7 nitrogen and oxygen atoms in total. The van der Waals surface area contributed by atoms with E-state index in [-0.39, 0.29) is 40.6 Å². The molecule has 3 aromatic carbocycles. The van der Waals surface area contributed by atoms with Crippen molar-refractivity contribution in [3.05, 3.63) is 82.9 Å². The topological polar surface area (TPSA) is 74.8 Å². The molecule has 0 aromatic heterocycles. The first kappa shape index (κ1) is 33.7. The largest absolute Gasteiger partial charge is 1.00 e. The van der Waals surface area contributed by atoms with Gasteiger partial charge in [0.15, 0.2) is 0 Å². The van der Waals surface area contributed by atoms with E-state index in [1.165, 1.54) is 28.7 Å². The number of hydrogen-bond acceptors (Lipinski definition) is 4. The van der Waals surface area contributed by atoms with Crippen LogP contribution >= 0.6 is 0 Å². The second kappa shape index (κ2) is 13.9. The summed E-state index contributed by atoms with van der Waals surface area (Å²) in [7, 11) is 3.00. The molecule has 0 atom stereocenters. The smallest absolute Gasteiger partial charge is 0.261 e. The lowest BCUT2D eigenvalue weighted by molar-refractivity contribution is -0.890. The van der Waals surface area contributed by atoms with Crippen LogP contribution in [0.25, 0.3) is 10.8 Å². The SMILES string of the molecule is C[N+](C)(CCCCC[Si](C)(C)CCCN1C(=O)c2cccc3cccc(c23)C1=O)CCCN1C(=O)c2ccccc2C1=O.[Br-]. The maximum absolute atomic E-state index is 13.2. The zero-order valence-corrected chi connectivity index (χ0v) is 29.0. The van der Waals surface area contributed by atoms with Gasteiger partial charge in [-0.2, -0.15) is 0 Å². The molecule has 0 aliphatic carbocycles. The van der Waals surface area contributed by atoms with Gasteiger partial charge in [-0.25, -0.2) is 0 Å². The third-order valence-corrected chi connectivity index (χ3v) is 12.6. The van der Waals surface area contributed by atoms with Gasteiger partial charge >= 0.3 is 0 Å². The Kier molecular flexibility index (Phi) is 10.6. The van der Waals surface area contributed by atoms with Gasteiger partial charge < -0.3 is 21.5 Å². The molecule has 2 aliphatic rings. The number of nitrogens with zero attached hydrogens (tertiary/aromatic N) is 3. The molecule has 0 saturated heterocycles. The number of amides is 4. The van der Waals surface area contributed by atoms with Gasteiger partial charge in [0.05, 0.1) is 38.3 Å². The van der Waals surface area contributed by atoms with E-state index in [2.05, 4.69) is 27.2 Å². The van der Waals surface area contributed by atoms with E-state index >= 15 is 0 Å². The monoisotopic (exact) mass is 677 g/mol. The highest BCUT2D eigenvalue weighted by molar-refractivity contribution is 6.77. The summed E-state index contributed by atoms with van der Waals surface area (Å²) < 4.78 is 0.874. The maximum atomic E-state index is 13.2. The number of carbonyl (C=O) groups excluding carboxylic acids is 4. The van der Waals surface area contributed by atoms with Crippen LogP contribution < -0.4 is 17.0 Å². The molecule has 9 heteroatoms. The van der Waals surface area contributed by atoms with E-state index in [0.29, 0.717) is 35.3 Å². The van der Waals surface area contributed by atoms with E-state index in [1.54, 1.807) is 24.3 Å². The predicted molar refractivity (Wildman–Crippen MR) is 173 cm³/mol. The summed E-state index contributed by atoms with van der Waals surface area (Å²) in [5.74, 6) is -0.680. The Bertz CT molecular complexity index is 1480. The Hall–Kier alpha value is -3.14. The van der Waals surface area contributed by atoms with Crippen LogP contribution in [0.5, 0.6) is 0 Å². The molecule has 0 N–H and O–H groups in total. The number of quaternary nitrogens is 1. The van der Waals surface area contributed by atoms with Crippen molar-refractivity contribution in [2.75, 3.05) is 40.3 Å². The molecule has 0 saturated carbocycles. The van der Waals surface area contributed by atoms with E-state index in [1.807, 2.05) is 36.4 Å². The number of fused-ring (bicyclic) bond motifs is 1. The van der Waals surface area contributed by atoms with Crippen molar-refractivity contribution >= 4 is 42.5 Å². The standard InChI is InChI=1S/C35H44N3O4Si.BrH/c1-38(2,23-12-20-36-32(39)27-16-6-7-17-28(27)33(36)40)22-8-5-9-24-43(3,4)25-13-21-37-34(41)29-18-10-14-26-15-11-19-30(31(26)29)35(37)42;/h6-7,10-11,14-19H,5,8-9,12-13,20-25H2,1-4H3;1H/q+1;/p-1. The molecule has 4 amide bonds. The minimum Gasteiger partial charge on any atom is -1.00 e. The van der Waals surface area contributed by atoms with Crippen molar-refractivity contribution in [3.8, 4) is 0 Å². The lowest BCUT2D eigenvalue weighted by Crippen LogP contribution is -3.00. The highest BCUT2D eigenvalue weighted by Crippen LogP contribution is 2.31. The highest BCUT2D eigenvalue weighted by atomic mass is 79.9. The zero-order valence-electron chi connectivity index (χ0n) is 26.4. The van der Waals surface area contributed by atoms with Crippen molar-refractivity contribution < 1.29 is 40.6 Å². The molecule has 234 valence electrons. The molecule has 2 aliphatic heterocycles. The van der Waals surface area contributed by atoms with Crippen molar-refractivity contribution in [2.24, 2.45) is 0 Å². The fourth-order valence-electron chi connectivity index (χ4n) is 6.66. The quantitative estimate of drug-likeness (QED) is 0.113. The fourth-order valence-corrected chi connectivity index (χ4v) is 9.23. The molecule has 0 fully saturated rings. The fraction of sp³-hybridized carbons (Fsp3) is 0.429. The first-order valence-electron chi connectivity index (χ1n) is 15.6. The van der Waals surface area contributed by atoms with E-state index in [4.69, 9.17) is 0 Å². The zero-order chi connectivity index (χ0) is 30.8. The van der Waals surface area contributed by atoms with Gasteiger partial charge in [-0.15, -0.1) is 0 Å². The van der Waals surface area contributed by atoms with E-state index in [9.17, 15) is 19.2 Å². The molecule has 0 bridgehead atoms. The number of unbranched alkanes of at least 4 members (excludes halogenated alkanes) is 2. The Morgan fingerprint density at radius 1 is 0.568 bits per heavy atom. The van der Waals surface area contributed by atoms with Crippen LogP contribution in [0, 0.1) is 0 Å². The molecule has 2 heterocycles. The molecule has 3 aromatic rings. The Morgan fingerprint density at radius 3 is 1.59 bits per heavy atom. The summed E-state index contributed by atoms with van der Waals surface area (Å²) >= 11 is 0. The number of carbonyl (C=O) groups is 4. The number of benzene rings is 3. The third-order valence-electron chi connectivity index (χ3n) is 9.23. The minimum atomic E-state index is -1.45.